The van der Waals surface area contributed by atoms with Gasteiger partial charge < -0.3 is 14.9 Å². The summed E-state index contributed by atoms with van der Waals surface area (Å²) in [7, 11) is 1.58. The number of Topliss-reactive ketones (excluding diaryl/α,β-unsaturated/α-hetero) is 1. The van der Waals surface area contributed by atoms with Gasteiger partial charge in [-0.1, -0.05) is 32.0 Å². The van der Waals surface area contributed by atoms with Gasteiger partial charge in [-0.25, -0.2) is 0 Å². The number of carbonyl (C=O) groups is 2. The first-order valence-corrected chi connectivity index (χ1v) is 11.5. The number of rotatable bonds is 5. The minimum atomic E-state index is -0.859. The quantitative estimate of drug-likeness (QED) is 0.280. The zero-order chi connectivity index (χ0) is 25.4. The normalized spacial score (nSPS) is 17.3. The van der Waals surface area contributed by atoms with Crippen LogP contribution in [-0.2, 0) is 9.59 Å². The van der Waals surface area contributed by atoms with Crippen LogP contribution in [0.3, 0.4) is 0 Å². The summed E-state index contributed by atoms with van der Waals surface area (Å²) in [6, 6.07) is 16.2. The number of anilines is 1. The molecule has 1 amide bonds. The second-order valence-corrected chi connectivity index (χ2v) is 9.14. The van der Waals surface area contributed by atoms with Crippen molar-refractivity contribution in [2.75, 3.05) is 12.0 Å². The minimum absolute atomic E-state index is 0.00112. The Bertz CT molecular complexity index is 1340. The molecule has 1 unspecified atom stereocenters. The van der Waals surface area contributed by atoms with Gasteiger partial charge in [-0.3, -0.25) is 14.5 Å². The van der Waals surface area contributed by atoms with Crippen LogP contribution in [-0.4, -0.2) is 29.0 Å². The van der Waals surface area contributed by atoms with Crippen molar-refractivity contribution in [2.24, 2.45) is 0 Å². The highest BCUT2D eigenvalue weighted by Gasteiger charge is 2.47. The molecule has 1 heterocycles. The van der Waals surface area contributed by atoms with Gasteiger partial charge in [-0.05, 0) is 84.5 Å². The van der Waals surface area contributed by atoms with E-state index >= 15 is 0 Å². The van der Waals surface area contributed by atoms with E-state index in [0.717, 1.165) is 16.7 Å². The number of hydrogen-bond donors (Lipinski definition) is 2. The maximum Gasteiger partial charge on any atom is 0.300 e. The Kier molecular flexibility index (Phi) is 6.39. The molecule has 0 aliphatic carbocycles. The van der Waals surface area contributed by atoms with Crippen LogP contribution in [0.15, 0.2) is 66.2 Å². The molecule has 35 heavy (non-hydrogen) atoms. The fourth-order valence-corrected chi connectivity index (χ4v) is 4.43. The molecule has 3 aromatic carbocycles. The van der Waals surface area contributed by atoms with Gasteiger partial charge in [-0.2, -0.15) is 0 Å². The number of ether oxygens (including phenoxy) is 1. The molecule has 1 fully saturated rings. The molecule has 180 valence electrons. The average molecular weight is 472 g/mol. The van der Waals surface area contributed by atoms with Crippen LogP contribution in [0.5, 0.6) is 11.5 Å². The number of aliphatic hydroxyl groups excluding tert-OH is 1. The molecule has 3 aromatic rings. The molecule has 1 atom stereocenters. The lowest BCUT2D eigenvalue weighted by atomic mass is 9.93. The Morgan fingerprint density at radius 2 is 1.63 bits per heavy atom. The zero-order valence-corrected chi connectivity index (χ0v) is 20.5. The molecule has 0 bridgehead atoms. The van der Waals surface area contributed by atoms with Crippen LogP contribution >= 0.6 is 0 Å². The second kappa shape index (κ2) is 9.29. The van der Waals surface area contributed by atoms with Crippen molar-refractivity contribution in [1.29, 1.82) is 0 Å². The molecule has 6 nitrogen and oxygen atoms in total. The summed E-state index contributed by atoms with van der Waals surface area (Å²) in [5.74, 6) is -0.872. The third-order valence-corrected chi connectivity index (χ3v) is 6.55. The molecule has 1 aliphatic heterocycles. The third kappa shape index (κ3) is 4.28. The highest BCUT2D eigenvalue weighted by molar-refractivity contribution is 6.51. The van der Waals surface area contributed by atoms with Crippen molar-refractivity contribution < 1.29 is 24.5 Å². The van der Waals surface area contributed by atoms with E-state index in [1.807, 2.05) is 39.8 Å². The lowest BCUT2D eigenvalue weighted by Gasteiger charge is -2.26. The van der Waals surface area contributed by atoms with Crippen molar-refractivity contribution in [2.45, 2.75) is 39.7 Å². The molecule has 1 aliphatic rings. The van der Waals surface area contributed by atoms with E-state index in [1.165, 1.54) is 17.0 Å². The van der Waals surface area contributed by atoms with Crippen LogP contribution in [0, 0.1) is 13.8 Å². The van der Waals surface area contributed by atoms with E-state index in [9.17, 15) is 19.8 Å². The van der Waals surface area contributed by atoms with E-state index in [1.54, 1.807) is 43.5 Å². The molecule has 0 aromatic heterocycles. The topological polar surface area (TPSA) is 87.1 Å². The fourth-order valence-electron chi connectivity index (χ4n) is 4.43. The third-order valence-electron chi connectivity index (χ3n) is 6.55. The van der Waals surface area contributed by atoms with Crippen LogP contribution in [0.2, 0.25) is 0 Å². The SMILES string of the molecule is COc1ccc(/C(O)=C2/C(=O)C(=O)N(c3ccc(C)c(C)c3)C2c2ccc(O)cc2)cc1C(C)C. The number of hydrogen-bond acceptors (Lipinski definition) is 5. The molecular formula is C29H29NO5. The van der Waals surface area contributed by atoms with Crippen LogP contribution in [0.25, 0.3) is 5.76 Å². The maximum absolute atomic E-state index is 13.4. The van der Waals surface area contributed by atoms with E-state index in [-0.39, 0.29) is 23.0 Å². The van der Waals surface area contributed by atoms with Gasteiger partial charge in [0.25, 0.3) is 11.7 Å². The monoisotopic (exact) mass is 471 g/mol. The van der Waals surface area contributed by atoms with Crippen LogP contribution in [0.1, 0.15) is 53.6 Å². The molecule has 1 saturated heterocycles. The first-order chi connectivity index (χ1) is 16.6. The largest absolute Gasteiger partial charge is 0.508 e. The summed E-state index contributed by atoms with van der Waals surface area (Å²) in [5, 5.41) is 21.2. The van der Waals surface area contributed by atoms with Gasteiger partial charge in [0, 0.05) is 11.3 Å². The van der Waals surface area contributed by atoms with E-state index in [2.05, 4.69) is 0 Å². The molecule has 6 heteroatoms. The number of aryl methyl sites for hydroxylation is 2. The van der Waals surface area contributed by atoms with Gasteiger partial charge in [-0.15, -0.1) is 0 Å². The van der Waals surface area contributed by atoms with Gasteiger partial charge in [0.15, 0.2) is 0 Å². The zero-order valence-electron chi connectivity index (χ0n) is 20.5. The Labute approximate surface area is 205 Å². The summed E-state index contributed by atoms with van der Waals surface area (Å²) in [4.78, 5) is 28.1. The Hall–Kier alpha value is -4.06. The van der Waals surface area contributed by atoms with Crippen molar-refractivity contribution in [3.8, 4) is 11.5 Å². The average Bonchev–Trinajstić information content (AvgIpc) is 3.10. The molecule has 4 rings (SSSR count). The standard InChI is InChI=1S/C29H29NO5/c1-16(2)23-15-20(9-13-24(23)35-5)27(32)25-26(19-7-11-22(31)12-8-19)30(29(34)28(25)33)21-10-6-17(3)18(4)14-21/h6-16,26,31-32H,1-5H3/b27-25-. The van der Waals surface area contributed by atoms with E-state index < -0.39 is 17.7 Å². The minimum Gasteiger partial charge on any atom is -0.508 e. The Morgan fingerprint density at radius 1 is 0.943 bits per heavy atom. The molecule has 0 radical (unpaired) electrons. The van der Waals surface area contributed by atoms with Gasteiger partial charge in [0.1, 0.15) is 17.3 Å². The lowest BCUT2D eigenvalue weighted by molar-refractivity contribution is -0.132. The van der Waals surface area contributed by atoms with Gasteiger partial charge >= 0.3 is 0 Å². The molecule has 0 saturated carbocycles. The van der Waals surface area contributed by atoms with Gasteiger partial charge in [0.05, 0.1) is 18.7 Å². The summed E-state index contributed by atoms with van der Waals surface area (Å²) < 4.78 is 5.45. The van der Waals surface area contributed by atoms with Crippen molar-refractivity contribution >= 4 is 23.1 Å². The van der Waals surface area contributed by atoms with Crippen LogP contribution in [0.4, 0.5) is 5.69 Å². The number of aliphatic hydroxyl groups is 1. The Morgan fingerprint density at radius 3 is 2.23 bits per heavy atom. The lowest BCUT2D eigenvalue weighted by Crippen LogP contribution is -2.29. The number of carbonyl (C=O) groups excluding carboxylic acids is 2. The summed E-state index contributed by atoms with van der Waals surface area (Å²) >= 11 is 0. The highest BCUT2D eigenvalue weighted by Crippen LogP contribution is 2.43. The number of methoxy groups -OCH3 is 1. The summed E-state index contributed by atoms with van der Waals surface area (Å²) in [6.07, 6.45) is 0. The number of benzene rings is 3. The Balaban J connectivity index is 1.95. The number of phenols is 1. The maximum atomic E-state index is 13.4. The smallest absolute Gasteiger partial charge is 0.300 e. The number of amides is 1. The van der Waals surface area contributed by atoms with Crippen molar-refractivity contribution in [3.63, 3.8) is 0 Å². The fraction of sp³-hybridized carbons (Fsp3) is 0.241. The number of nitrogens with zero attached hydrogens (tertiary/aromatic N) is 1. The first kappa shape index (κ1) is 24.1. The number of aromatic hydroxyl groups is 1. The second-order valence-electron chi connectivity index (χ2n) is 9.14. The van der Waals surface area contributed by atoms with Crippen LogP contribution < -0.4 is 9.64 Å². The van der Waals surface area contributed by atoms with E-state index in [0.29, 0.717) is 22.6 Å². The molecule has 0 spiro atoms. The molecular weight excluding hydrogens is 442 g/mol. The molecule has 2 N–H and O–H groups in total. The first-order valence-electron chi connectivity index (χ1n) is 11.5. The van der Waals surface area contributed by atoms with E-state index in [4.69, 9.17) is 4.74 Å². The predicted octanol–water partition coefficient (Wildman–Crippen LogP) is 5.77. The number of ketones is 1. The van der Waals surface area contributed by atoms with Crippen molar-refractivity contribution in [1.82, 2.24) is 0 Å². The van der Waals surface area contributed by atoms with Gasteiger partial charge in [0.2, 0.25) is 0 Å². The summed E-state index contributed by atoms with van der Waals surface area (Å²) in [6.45, 7) is 7.93. The highest BCUT2D eigenvalue weighted by atomic mass is 16.5. The predicted molar refractivity (Wildman–Crippen MR) is 136 cm³/mol. The summed E-state index contributed by atoms with van der Waals surface area (Å²) in [5.41, 5.74) is 4.50. The number of phenolic OH excluding ortho intramolecular Hbond substituents is 1. The van der Waals surface area contributed by atoms with Crippen molar-refractivity contribution in [3.05, 3.63) is 94.1 Å².